The summed E-state index contributed by atoms with van der Waals surface area (Å²) in [5.41, 5.74) is 1.000. The van der Waals surface area contributed by atoms with E-state index in [1.807, 2.05) is 0 Å². The summed E-state index contributed by atoms with van der Waals surface area (Å²) >= 11 is 0. The van der Waals surface area contributed by atoms with Crippen LogP contribution in [0.2, 0.25) is 0 Å². The third-order valence-electron chi connectivity index (χ3n) is 2.46. The fraction of sp³-hybridized carbons (Fsp3) is 0.231. The number of carbonyl (C=O) groups excluding carboxylic acids is 1. The SMILES string of the molecule is COc1ccc(C=C2N=C(C)OC2=O)c(OC)c1. The minimum atomic E-state index is -0.453. The molecule has 1 aromatic carbocycles. The summed E-state index contributed by atoms with van der Waals surface area (Å²) in [6.45, 7) is 1.63. The highest BCUT2D eigenvalue weighted by Crippen LogP contribution is 2.27. The third kappa shape index (κ3) is 2.34. The molecule has 1 heterocycles. The third-order valence-corrected chi connectivity index (χ3v) is 2.46. The fourth-order valence-corrected chi connectivity index (χ4v) is 1.60. The van der Waals surface area contributed by atoms with E-state index in [1.54, 1.807) is 45.4 Å². The first-order valence-corrected chi connectivity index (χ1v) is 5.35. The molecule has 94 valence electrons. The fourth-order valence-electron chi connectivity index (χ4n) is 1.60. The van der Waals surface area contributed by atoms with Gasteiger partial charge in [-0.05, 0) is 18.2 Å². The van der Waals surface area contributed by atoms with Gasteiger partial charge < -0.3 is 14.2 Å². The maximum absolute atomic E-state index is 11.4. The van der Waals surface area contributed by atoms with Gasteiger partial charge >= 0.3 is 5.97 Å². The van der Waals surface area contributed by atoms with Crippen molar-refractivity contribution in [1.82, 2.24) is 0 Å². The van der Waals surface area contributed by atoms with Crippen LogP contribution in [0.25, 0.3) is 6.08 Å². The van der Waals surface area contributed by atoms with E-state index in [9.17, 15) is 4.79 Å². The maximum Gasteiger partial charge on any atom is 0.363 e. The standard InChI is InChI=1S/C13H13NO4/c1-8-14-11(13(15)18-8)6-9-4-5-10(16-2)7-12(9)17-3/h4-7H,1-3H3. The predicted octanol–water partition coefficient (Wildman–Crippen LogP) is 2.02. The molecule has 0 amide bonds. The molecule has 0 fully saturated rings. The Labute approximate surface area is 105 Å². The molecule has 1 aliphatic rings. The lowest BCUT2D eigenvalue weighted by atomic mass is 10.1. The number of rotatable bonds is 3. The zero-order chi connectivity index (χ0) is 13.1. The monoisotopic (exact) mass is 247 g/mol. The highest BCUT2D eigenvalue weighted by Gasteiger charge is 2.20. The van der Waals surface area contributed by atoms with E-state index in [-0.39, 0.29) is 5.70 Å². The molecule has 0 saturated carbocycles. The van der Waals surface area contributed by atoms with Gasteiger partial charge in [0.05, 0.1) is 14.2 Å². The van der Waals surface area contributed by atoms with Crippen molar-refractivity contribution in [3.8, 4) is 11.5 Å². The van der Waals surface area contributed by atoms with Crippen molar-refractivity contribution < 1.29 is 19.0 Å². The number of hydrogen-bond donors (Lipinski definition) is 0. The molecule has 5 heteroatoms. The molecule has 0 bridgehead atoms. The van der Waals surface area contributed by atoms with Crippen molar-refractivity contribution in [3.63, 3.8) is 0 Å². The molecule has 0 aliphatic carbocycles. The number of cyclic esters (lactones) is 1. The second-order valence-electron chi connectivity index (χ2n) is 3.66. The Morgan fingerprint density at radius 3 is 2.61 bits per heavy atom. The molecule has 1 aliphatic heterocycles. The predicted molar refractivity (Wildman–Crippen MR) is 66.7 cm³/mol. The molecule has 0 unspecified atom stereocenters. The molecular formula is C13H13NO4. The van der Waals surface area contributed by atoms with Crippen LogP contribution < -0.4 is 9.47 Å². The van der Waals surface area contributed by atoms with E-state index in [0.29, 0.717) is 17.4 Å². The number of carbonyl (C=O) groups is 1. The van der Waals surface area contributed by atoms with E-state index >= 15 is 0 Å². The number of methoxy groups -OCH3 is 2. The largest absolute Gasteiger partial charge is 0.497 e. The van der Waals surface area contributed by atoms with Crippen molar-refractivity contribution in [1.29, 1.82) is 0 Å². The number of hydrogen-bond acceptors (Lipinski definition) is 5. The molecule has 0 N–H and O–H groups in total. The van der Waals surface area contributed by atoms with Crippen molar-refractivity contribution in [2.75, 3.05) is 14.2 Å². The van der Waals surface area contributed by atoms with Crippen LogP contribution in [-0.4, -0.2) is 26.1 Å². The molecule has 1 aromatic rings. The Kier molecular flexibility index (Phi) is 3.32. The van der Waals surface area contributed by atoms with Gasteiger partial charge in [0.2, 0.25) is 0 Å². The summed E-state index contributed by atoms with van der Waals surface area (Å²) in [7, 11) is 3.13. The Bertz CT molecular complexity index is 546. The molecule has 18 heavy (non-hydrogen) atoms. The molecule has 0 spiro atoms. The van der Waals surface area contributed by atoms with Gasteiger partial charge in [0.1, 0.15) is 11.5 Å². The lowest BCUT2D eigenvalue weighted by Crippen LogP contribution is -2.00. The number of ether oxygens (including phenoxy) is 3. The van der Waals surface area contributed by atoms with Crippen molar-refractivity contribution in [2.24, 2.45) is 4.99 Å². The van der Waals surface area contributed by atoms with Crippen LogP contribution in [0.15, 0.2) is 28.9 Å². The van der Waals surface area contributed by atoms with Crippen LogP contribution in [0.5, 0.6) is 11.5 Å². The lowest BCUT2D eigenvalue weighted by Gasteiger charge is -2.07. The zero-order valence-corrected chi connectivity index (χ0v) is 10.4. The van der Waals surface area contributed by atoms with Crippen LogP contribution in [0.1, 0.15) is 12.5 Å². The lowest BCUT2D eigenvalue weighted by molar-refractivity contribution is -0.130. The first kappa shape index (κ1) is 12.2. The molecule has 0 saturated heterocycles. The Hall–Kier alpha value is -2.30. The summed E-state index contributed by atoms with van der Waals surface area (Å²) in [5.74, 6) is 1.18. The highest BCUT2D eigenvalue weighted by molar-refractivity contribution is 6.06. The minimum Gasteiger partial charge on any atom is -0.497 e. The number of benzene rings is 1. The Morgan fingerprint density at radius 2 is 2.06 bits per heavy atom. The van der Waals surface area contributed by atoms with Gasteiger partial charge in [-0.15, -0.1) is 0 Å². The van der Waals surface area contributed by atoms with Crippen LogP contribution in [0.4, 0.5) is 0 Å². The molecule has 0 atom stereocenters. The molecular weight excluding hydrogens is 234 g/mol. The van der Waals surface area contributed by atoms with Crippen LogP contribution in [0, 0.1) is 0 Å². The van der Waals surface area contributed by atoms with Crippen LogP contribution in [-0.2, 0) is 9.53 Å². The first-order chi connectivity index (χ1) is 8.63. The quantitative estimate of drug-likeness (QED) is 0.605. The van der Waals surface area contributed by atoms with Crippen molar-refractivity contribution in [3.05, 3.63) is 29.5 Å². The average molecular weight is 247 g/mol. The average Bonchev–Trinajstić information content (AvgIpc) is 2.68. The van der Waals surface area contributed by atoms with Gasteiger partial charge in [0.15, 0.2) is 11.6 Å². The van der Waals surface area contributed by atoms with Crippen LogP contribution >= 0.6 is 0 Å². The number of esters is 1. The van der Waals surface area contributed by atoms with E-state index in [1.165, 1.54) is 0 Å². The van der Waals surface area contributed by atoms with E-state index < -0.39 is 5.97 Å². The molecule has 0 aromatic heterocycles. The number of nitrogens with zero attached hydrogens (tertiary/aromatic N) is 1. The van der Waals surface area contributed by atoms with Crippen molar-refractivity contribution in [2.45, 2.75) is 6.92 Å². The Morgan fingerprint density at radius 1 is 1.28 bits per heavy atom. The van der Waals surface area contributed by atoms with Gasteiger partial charge in [0, 0.05) is 18.6 Å². The Balaban J connectivity index is 2.40. The summed E-state index contributed by atoms with van der Waals surface area (Å²) in [4.78, 5) is 15.4. The molecule has 5 nitrogen and oxygen atoms in total. The first-order valence-electron chi connectivity index (χ1n) is 5.35. The second kappa shape index (κ2) is 4.91. The summed E-state index contributed by atoms with van der Waals surface area (Å²) < 4.78 is 15.2. The van der Waals surface area contributed by atoms with Gasteiger partial charge in [-0.2, -0.15) is 0 Å². The minimum absolute atomic E-state index is 0.260. The molecule has 0 radical (unpaired) electrons. The summed E-state index contributed by atoms with van der Waals surface area (Å²) in [5, 5.41) is 0. The van der Waals surface area contributed by atoms with E-state index in [4.69, 9.17) is 14.2 Å². The zero-order valence-electron chi connectivity index (χ0n) is 10.4. The van der Waals surface area contributed by atoms with E-state index in [2.05, 4.69) is 4.99 Å². The van der Waals surface area contributed by atoms with Crippen LogP contribution in [0.3, 0.4) is 0 Å². The normalized spacial score (nSPS) is 16.5. The topological polar surface area (TPSA) is 57.1 Å². The van der Waals surface area contributed by atoms with Gasteiger partial charge in [-0.25, -0.2) is 9.79 Å². The molecule has 2 rings (SSSR count). The van der Waals surface area contributed by atoms with E-state index in [0.717, 1.165) is 5.56 Å². The summed E-state index contributed by atoms with van der Waals surface area (Å²) in [6, 6.07) is 5.32. The van der Waals surface area contributed by atoms with Crippen molar-refractivity contribution >= 4 is 17.9 Å². The van der Waals surface area contributed by atoms with Gasteiger partial charge in [-0.3, -0.25) is 0 Å². The number of aliphatic imine (C=N–C) groups is 1. The smallest absolute Gasteiger partial charge is 0.363 e. The summed E-state index contributed by atoms with van der Waals surface area (Å²) in [6.07, 6.45) is 1.62. The van der Waals surface area contributed by atoms with Gasteiger partial charge in [-0.1, -0.05) is 0 Å². The highest BCUT2D eigenvalue weighted by atomic mass is 16.6. The maximum atomic E-state index is 11.4. The van der Waals surface area contributed by atoms with Gasteiger partial charge in [0.25, 0.3) is 0 Å². The second-order valence-corrected chi connectivity index (χ2v) is 3.66.